The Morgan fingerprint density at radius 2 is 2.00 bits per heavy atom. The van der Waals surface area contributed by atoms with Crippen LogP contribution in [0.2, 0.25) is 10.0 Å². The third kappa shape index (κ3) is 4.40. The van der Waals surface area contributed by atoms with Crippen LogP contribution in [0.25, 0.3) is 10.9 Å². The number of benzene rings is 2. The van der Waals surface area contributed by atoms with Crippen molar-refractivity contribution in [1.82, 2.24) is 14.9 Å². The third-order valence-electron chi connectivity index (χ3n) is 3.70. The van der Waals surface area contributed by atoms with Crippen molar-refractivity contribution in [3.05, 3.63) is 68.7 Å². The van der Waals surface area contributed by atoms with Crippen molar-refractivity contribution < 1.29 is 4.79 Å². The molecule has 0 aliphatic carbocycles. The molecule has 3 rings (SSSR count). The number of aromatic nitrogens is 2. The number of nitrogens with one attached hydrogen (secondary N) is 2. The molecule has 0 saturated carbocycles. The first-order chi connectivity index (χ1) is 12.4. The van der Waals surface area contributed by atoms with Crippen molar-refractivity contribution >= 4 is 45.7 Å². The molecule has 8 heteroatoms. The highest BCUT2D eigenvalue weighted by atomic mass is 35.5. The summed E-state index contributed by atoms with van der Waals surface area (Å²) in [6, 6.07) is 12.0. The van der Waals surface area contributed by atoms with Crippen LogP contribution in [0.5, 0.6) is 0 Å². The number of H-pyrrole nitrogens is 1. The van der Waals surface area contributed by atoms with Crippen LogP contribution in [0.1, 0.15) is 5.82 Å². The predicted molar refractivity (Wildman–Crippen MR) is 104 cm³/mol. The van der Waals surface area contributed by atoms with Crippen molar-refractivity contribution in [2.24, 2.45) is 0 Å². The number of fused-ring (bicyclic) bond motifs is 1. The average Bonchev–Trinajstić information content (AvgIpc) is 2.57. The molecule has 0 atom stereocenters. The molecule has 0 saturated heterocycles. The zero-order valence-electron chi connectivity index (χ0n) is 13.9. The van der Waals surface area contributed by atoms with Gasteiger partial charge in [0.05, 0.1) is 34.7 Å². The molecule has 0 unspecified atom stereocenters. The Morgan fingerprint density at radius 1 is 1.23 bits per heavy atom. The van der Waals surface area contributed by atoms with E-state index in [4.69, 9.17) is 23.2 Å². The van der Waals surface area contributed by atoms with E-state index < -0.39 is 0 Å². The highest BCUT2D eigenvalue weighted by Gasteiger charge is 2.11. The molecule has 3 aromatic rings. The van der Waals surface area contributed by atoms with E-state index in [0.717, 1.165) is 0 Å². The van der Waals surface area contributed by atoms with Crippen molar-refractivity contribution in [3.63, 3.8) is 0 Å². The van der Waals surface area contributed by atoms with Gasteiger partial charge in [0.25, 0.3) is 5.56 Å². The van der Waals surface area contributed by atoms with Crippen LogP contribution in [0.15, 0.2) is 47.3 Å². The number of nitrogens with zero attached hydrogens (tertiary/aromatic N) is 2. The molecule has 0 aliphatic rings. The number of likely N-dealkylation sites (N-methyl/N-ethyl adjacent to an activating group) is 1. The minimum Gasteiger partial charge on any atom is -0.324 e. The minimum atomic E-state index is -0.236. The Bertz CT molecular complexity index is 1020. The van der Waals surface area contributed by atoms with Crippen LogP contribution < -0.4 is 10.9 Å². The number of anilines is 1. The van der Waals surface area contributed by atoms with Crippen molar-refractivity contribution in [3.8, 4) is 0 Å². The molecule has 1 amide bonds. The van der Waals surface area contributed by atoms with E-state index in [1.807, 2.05) is 6.07 Å². The quantitative estimate of drug-likeness (QED) is 0.700. The molecular weight excluding hydrogens is 375 g/mol. The fourth-order valence-electron chi connectivity index (χ4n) is 2.55. The number of amides is 1. The van der Waals surface area contributed by atoms with Crippen LogP contribution in [-0.4, -0.2) is 34.4 Å². The number of para-hydroxylation sites is 1. The number of rotatable bonds is 5. The molecule has 0 spiro atoms. The van der Waals surface area contributed by atoms with Gasteiger partial charge in [0.2, 0.25) is 5.91 Å². The van der Waals surface area contributed by atoms with Crippen molar-refractivity contribution in [2.45, 2.75) is 6.54 Å². The standard InChI is InChI=1S/C18H16Cl2N4O2/c1-24(10-17(25)22-15-7-6-11(19)8-13(15)20)9-16-21-14-5-3-2-4-12(14)18(26)23-16/h2-8H,9-10H2,1H3,(H,22,25)(H,21,23,26). The van der Waals surface area contributed by atoms with E-state index in [1.54, 1.807) is 48.3 Å². The summed E-state index contributed by atoms with van der Waals surface area (Å²) in [6.45, 7) is 0.428. The van der Waals surface area contributed by atoms with Gasteiger partial charge in [-0.2, -0.15) is 0 Å². The maximum Gasteiger partial charge on any atom is 0.258 e. The lowest BCUT2D eigenvalue weighted by molar-refractivity contribution is -0.117. The van der Waals surface area contributed by atoms with Crippen LogP contribution >= 0.6 is 23.2 Å². The smallest absolute Gasteiger partial charge is 0.258 e. The van der Waals surface area contributed by atoms with Gasteiger partial charge in [-0.25, -0.2) is 4.98 Å². The van der Waals surface area contributed by atoms with E-state index in [0.29, 0.717) is 39.0 Å². The Morgan fingerprint density at radius 3 is 2.77 bits per heavy atom. The molecule has 0 radical (unpaired) electrons. The first-order valence-corrected chi connectivity index (χ1v) is 8.59. The fraction of sp³-hybridized carbons (Fsp3) is 0.167. The van der Waals surface area contributed by atoms with E-state index >= 15 is 0 Å². The van der Waals surface area contributed by atoms with Crippen LogP contribution in [0.3, 0.4) is 0 Å². The van der Waals surface area contributed by atoms with E-state index in [9.17, 15) is 9.59 Å². The maximum absolute atomic E-state index is 12.2. The van der Waals surface area contributed by atoms with Gasteiger partial charge < -0.3 is 10.3 Å². The first-order valence-electron chi connectivity index (χ1n) is 7.84. The number of hydrogen-bond donors (Lipinski definition) is 2. The third-order valence-corrected chi connectivity index (χ3v) is 4.25. The second-order valence-electron chi connectivity index (χ2n) is 5.87. The summed E-state index contributed by atoms with van der Waals surface area (Å²) in [5, 5.41) is 4.13. The SMILES string of the molecule is CN(CC(=O)Nc1ccc(Cl)cc1Cl)Cc1nc2ccccc2c(=O)[nH]1. The van der Waals surface area contributed by atoms with Gasteiger partial charge in [-0.3, -0.25) is 14.5 Å². The lowest BCUT2D eigenvalue weighted by Crippen LogP contribution is -2.31. The molecule has 26 heavy (non-hydrogen) atoms. The molecule has 0 fully saturated rings. The number of halogens is 2. The molecule has 6 nitrogen and oxygen atoms in total. The Kier molecular flexibility index (Phi) is 5.56. The maximum atomic E-state index is 12.2. The molecule has 1 heterocycles. The lowest BCUT2D eigenvalue weighted by atomic mass is 10.2. The number of hydrogen-bond acceptors (Lipinski definition) is 4. The molecule has 1 aromatic heterocycles. The summed E-state index contributed by atoms with van der Waals surface area (Å²) in [7, 11) is 1.76. The fourth-order valence-corrected chi connectivity index (χ4v) is 3.00. The van der Waals surface area contributed by atoms with Gasteiger partial charge >= 0.3 is 0 Å². The topological polar surface area (TPSA) is 78.1 Å². The van der Waals surface area contributed by atoms with Crippen molar-refractivity contribution in [1.29, 1.82) is 0 Å². The average molecular weight is 391 g/mol. The van der Waals surface area contributed by atoms with Crippen molar-refractivity contribution in [2.75, 3.05) is 18.9 Å². The summed E-state index contributed by atoms with van der Waals surface area (Å²) in [5.74, 6) is 0.258. The van der Waals surface area contributed by atoms with Gasteiger partial charge in [0, 0.05) is 5.02 Å². The van der Waals surface area contributed by atoms with Gasteiger partial charge in [-0.15, -0.1) is 0 Å². The molecule has 0 aliphatic heterocycles. The number of aromatic amines is 1. The Balaban J connectivity index is 1.66. The predicted octanol–water partition coefficient (Wildman–Crippen LogP) is 3.30. The summed E-state index contributed by atoms with van der Waals surface area (Å²) < 4.78 is 0. The number of carbonyl (C=O) groups excluding carboxylic acids is 1. The highest BCUT2D eigenvalue weighted by molar-refractivity contribution is 6.36. The molecule has 2 aromatic carbocycles. The van der Waals surface area contributed by atoms with Gasteiger partial charge in [-0.1, -0.05) is 35.3 Å². The Hall–Kier alpha value is -2.41. The van der Waals surface area contributed by atoms with Gasteiger partial charge in [0.15, 0.2) is 0 Å². The van der Waals surface area contributed by atoms with Crippen LogP contribution in [0.4, 0.5) is 5.69 Å². The lowest BCUT2D eigenvalue weighted by Gasteiger charge is -2.16. The first kappa shape index (κ1) is 18.4. The van der Waals surface area contributed by atoms with Crippen LogP contribution in [0, 0.1) is 0 Å². The minimum absolute atomic E-state index is 0.107. The zero-order valence-corrected chi connectivity index (χ0v) is 15.4. The van der Waals surface area contributed by atoms with Gasteiger partial charge in [0.1, 0.15) is 5.82 Å². The van der Waals surface area contributed by atoms with E-state index in [-0.39, 0.29) is 18.0 Å². The van der Waals surface area contributed by atoms with Gasteiger partial charge in [-0.05, 0) is 37.4 Å². The molecule has 0 bridgehead atoms. The largest absolute Gasteiger partial charge is 0.324 e. The van der Waals surface area contributed by atoms with E-state index in [2.05, 4.69) is 15.3 Å². The normalized spacial score (nSPS) is 11.1. The summed E-state index contributed by atoms with van der Waals surface area (Å²) in [5.41, 5.74) is 0.917. The summed E-state index contributed by atoms with van der Waals surface area (Å²) in [4.78, 5) is 33.2. The molecule has 2 N–H and O–H groups in total. The Labute approximate surface area is 159 Å². The second-order valence-corrected chi connectivity index (χ2v) is 6.72. The van der Waals surface area contributed by atoms with Crippen LogP contribution in [-0.2, 0) is 11.3 Å². The highest BCUT2D eigenvalue weighted by Crippen LogP contribution is 2.25. The summed E-state index contributed by atoms with van der Waals surface area (Å²) in [6.07, 6.45) is 0. The molecular formula is C18H16Cl2N4O2. The monoisotopic (exact) mass is 390 g/mol. The second kappa shape index (κ2) is 7.86. The van der Waals surface area contributed by atoms with E-state index in [1.165, 1.54) is 0 Å². The summed E-state index contributed by atoms with van der Waals surface area (Å²) >= 11 is 11.9. The molecule has 134 valence electrons. The number of carbonyl (C=O) groups is 1. The zero-order chi connectivity index (χ0) is 18.7.